The van der Waals surface area contributed by atoms with Crippen LogP contribution in [0.2, 0.25) is 0 Å². The van der Waals surface area contributed by atoms with Crippen molar-refractivity contribution < 1.29 is 22.7 Å². The van der Waals surface area contributed by atoms with Crippen LogP contribution in [0.4, 0.5) is 5.69 Å². The maximum atomic E-state index is 12.7. The maximum Gasteiger partial charge on any atom is 0.266 e. The highest BCUT2D eigenvalue weighted by atomic mass is 32.2. The summed E-state index contributed by atoms with van der Waals surface area (Å²) >= 11 is 0. The summed E-state index contributed by atoms with van der Waals surface area (Å²) < 4.78 is 32.3. The van der Waals surface area contributed by atoms with Crippen LogP contribution in [0.15, 0.2) is 83.8 Å². The Morgan fingerprint density at radius 3 is 2.33 bits per heavy atom. The predicted molar refractivity (Wildman–Crippen MR) is 113 cm³/mol. The van der Waals surface area contributed by atoms with Crippen LogP contribution >= 0.6 is 0 Å². The Labute approximate surface area is 174 Å². The van der Waals surface area contributed by atoms with Gasteiger partial charge in [-0.2, -0.15) is 0 Å². The Morgan fingerprint density at radius 1 is 0.900 bits per heavy atom. The quantitative estimate of drug-likeness (QED) is 0.606. The Balaban J connectivity index is 1.76. The van der Waals surface area contributed by atoms with E-state index in [0.717, 1.165) is 12.5 Å². The molecule has 0 fully saturated rings. The van der Waals surface area contributed by atoms with Crippen molar-refractivity contribution in [3.8, 4) is 5.75 Å². The molecule has 2 amide bonds. The van der Waals surface area contributed by atoms with Crippen LogP contribution in [-0.4, -0.2) is 20.2 Å². The SMILES string of the molecule is CC(=O)NS(=O)(=O)c1ccccc1NC(=O)c1cccc(OCc2ccccc2)c1. The van der Waals surface area contributed by atoms with Crippen LogP contribution in [0.1, 0.15) is 22.8 Å². The second kappa shape index (κ2) is 9.23. The zero-order chi connectivity index (χ0) is 21.6. The monoisotopic (exact) mass is 424 g/mol. The summed E-state index contributed by atoms with van der Waals surface area (Å²) in [7, 11) is -4.10. The molecule has 30 heavy (non-hydrogen) atoms. The second-order valence-corrected chi connectivity index (χ2v) is 8.06. The zero-order valence-electron chi connectivity index (χ0n) is 16.2. The van der Waals surface area contributed by atoms with Crippen LogP contribution < -0.4 is 14.8 Å². The lowest BCUT2D eigenvalue weighted by Crippen LogP contribution is -2.29. The van der Waals surface area contributed by atoms with E-state index in [0.29, 0.717) is 17.9 Å². The lowest BCUT2D eigenvalue weighted by molar-refractivity contribution is -0.117. The molecule has 0 heterocycles. The molecular formula is C22H20N2O5S. The van der Waals surface area contributed by atoms with Crippen molar-refractivity contribution in [3.05, 3.63) is 90.0 Å². The molecule has 0 radical (unpaired) electrons. The molecule has 0 atom stereocenters. The number of para-hydroxylation sites is 1. The van der Waals surface area contributed by atoms with Gasteiger partial charge in [0.1, 0.15) is 17.3 Å². The second-order valence-electron chi connectivity index (χ2n) is 6.41. The highest BCUT2D eigenvalue weighted by molar-refractivity contribution is 7.90. The molecule has 7 nitrogen and oxygen atoms in total. The number of anilines is 1. The van der Waals surface area contributed by atoms with E-state index >= 15 is 0 Å². The standard InChI is InChI=1S/C22H20N2O5S/c1-16(25)24-30(27,28)21-13-6-5-12-20(21)23-22(26)18-10-7-11-19(14-18)29-15-17-8-3-2-4-9-17/h2-14H,15H2,1H3,(H,23,26)(H,24,25). The number of ether oxygens (including phenoxy) is 1. The van der Waals surface area contributed by atoms with Gasteiger partial charge < -0.3 is 10.1 Å². The molecule has 3 aromatic carbocycles. The highest BCUT2D eigenvalue weighted by Crippen LogP contribution is 2.22. The topological polar surface area (TPSA) is 102 Å². The van der Waals surface area contributed by atoms with Gasteiger partial charge >= 0.3 is 0 Å². The number of rotatable bonds is 7. The minimum atomic E-state index is -4.10. The number of hydrogen-bond acceptors (Lipinski definition) is 5. The number of carbonyl (C=O) groups excluding carboxylic acids is 2. The third-order valence-electron chi connectivity index (χ3n) is 4.05. The third kappa shape index (κ3) is 5.45. The van der Waals surface area contributed by atoms with Gasteiger partial charge in [0.2, 0.25) is 5.91 Å². The van der Waals surface area contributed by atoms with E-state index < -0.39 is 21.8 Å². The van der Waals surface area contributed by atoms with Crippen molar-refractivity contribution in [3.63, 3.8) is 0 Å². The van der Waals surface area contributed by atoms with Crippen molar-refractivity contribution in [2.24, 2.45) is 0 Å². The van der Waals surface area contributed by atoms with Gasteiger partial charge in [-0.15, -0.1) is 0 Å². The van der Waals surface area contributed by atoms with Crippen molar-refractivity contribution in [2.45, 2.75) is 18.4 Å². The number of carbonyl (C=O) groups is 2. The Morgan fingerprint density at radius 2 is 1.60 bits per heavy atom. The summed E-state index contributed by atoms with van der Waals surface area (Å²) in [6.45, 7) is 1.45. The summed E-state index contributed by atoms with van der Waals surface area (Å²) in [6, 6.07) is 22.0. The molecule has 0 aromatic heterocycles. The van der Waals surface area contributed by atoms with Crippen molar-refractivity contribution >= 4 is 27.5 Å². The van der Waals surface area contributed by atoms with Gasteiger partial charge in [0, 0.05) is 12.5 Å². The van der Waals surface area contributed by atoms with E-state index in [9.17, 15) is 18.0 Å². The predicted octanol–water partition coefficient (Wildman–Crippen LogP) is 3.34. The maximum absolute atomic E-state index is 12.7. The van der Waals surface area contributed by atoms with Crippen LogP contribution in [0.3, 0.4) is 0 Å². The van der Waals surface area contributed by atoms with E-state index in [-0.39, 0.29) is 10.6 Å². The van der Waals surface area contributed by atoms with Crippen molar-refractivity contribution in [1.29, 1.82) is 0 Å². The average molecular weight is 424 g/mol. The van der Waals surface area contributed by atoms with Gasteiger partial charge in [-0.1, -0.05) is 48.5 Å². The minimum Gasteiger partial charge on any atom is -0.489 e. The summed E-state index contributed by atoms with van der Waals surface area (Å²) in [5, 5.41) is 2.58. The minimum absolute atomic E-state index is 0.0619. The van der Waals surface area contributed by atoms with Gasteiger partial charge in [-0.05, 0) is 35.9 Å². The molecule has 0 bridgehead atoms. The number of sulfonamides is 1. The van der Waals surface area contributed by atoms with E-state index in [1.165, 1.54) is 18.2 Å². The lowest BCUT2D eigenvalue weighted by atomic mass is 10.2. The summed E-state index contributed by atoms with van der Waals surface area (Å²) in [5.74, 6) is -0.726. The molecular weight excluding hydrogens is 404 g/mol. The molecule has 0 saturated carbocycles. The first-order chi connectivity index (χ1) is 14.3. The summed E-state index contributed by atoms with van der Waals surface area (Å²) in [5.41, 5.74) is 1.35. The van der Waals surface area contributed by atoms with Crippen LogP contribution in [-0.2, 0) is 21.4 Å². The van der Waals surface area contributed by atoms with E-state index in [2.05, 4.69) is 5.32 Å². The lowest BCUT2D eigenvalue weighted by Gasteiger charge is -2.12. The number of hydrogen-bond donors (Lipinski definition) is 2. The highest BCUT2D eigenvalue weighted by Gasteiger charge is 2.21. The molecule has 8 heteroatoms. The van der Waals surface area contributed by atoms with Crippen molar-refractivity contribution in [1.82, 2.24) is 4.72 Å². The molecule has 0 aliphatic heterocycles. The Kier molecular flexibility index (Phi) is 6.48. The third-order valence-corrected chi connectivity index (χ3v) is 5.54. The normalized spacial score (nSPS) is 10.8. The fraction of sp³-hybridized carbons (Fsp3) is 0.0909. The molecule has 0 saturated heterocycles. The molecule has 3 rings (SSSR count). The fourth-order valence-electron chi connectivity index (χ4n) is 2.71. The van der Waals surface area contributed by atoms with Crippen molar-refractivity contribution in [2.75, 3.05) is 5.32 Å². The summed E-state index contributed by atoms with van der Waals surface area (Å²) in [6.07, 6.45) is 0. The van der Waals surface area contributed by atoms with Crippen LogP contribution in [0, 0.1) is 0 Å². The number of benzene rings is 3. The van der Waals surface area contributed by atoms with Gasteiger partial charge in [0.05, 0.1) is 5.69 Å². The first kappa shape index (κ1) is 21.1. The Hall–Kier alpha value is -3.65. The average Bonchev–Trinajstić information content (AvgIpc) is 2.72. The van der Waals surface area contributed by atoms with Gasteiger partial charge in [-0.3, -0.25) is 9.59 Å². The molecule has 0 aliphatic rings. The first-order valence-electron chi connectivity index (χ1n) is 9.06. The largest absolute Gasteiger partial charge is 0.489 e. The van der Waals surface area contributed by atoms with E-state index in [1.807, 2.05) is 35.1 Å². The Bertz CT molecular complexity index is 1160. The molecule has 154 valence electrons. The van der Waals surface area contributed by atoms with E-state index in [4.69, 9.17) is 4.74 Å². The van der Waals surface area contributed by atoms with Gasteiger partial charge in [0.25, 0.3) is 15.9 Å². The molecule has 0 unspecified atom stereocenters. The summed E-state index contributed by atoms with van der Waals surface area (Å²) in [4.78, 5) is 23.7. The molecule has 2 N–H and O–H groups in total. The number of amides is 2. The van der Waals surface area contributed by atoms with Gasteiger partial charge in [-0.25, -0.2) is 13.1 Å². The zero-order valence-corrected chi connectivity index (χ0v) is 17.0. The smallest absolute Gasteiger partial charge is 0.266 e. The van der Waals surface area contributed by atoms with Gasteiger partial charge in [0.15, 0.2) is 0 Å². The fourth-order valence-corrected chi connectivity index (χ4v) is 3.87. The number of nitrogens with one attached hydrogen (secondary N) is 2. The molecule has 3 aromatic rings. The van der Waals surface area contributed by atoms with E-state index in [1.54, 1.807) is 30.3 Å². The first-order valence-corrected chi connectivity index (χ1v) is 10.5. The van der Waals surface area contributed by atoms with Crippen LogP contribution in [0.25, 0.3) is 0 Å². The molecule has 0 aliphatic carbocycles. The molecule has 0 spiro atoms. The van der Waals surface area contributed by atoms with Crippen LogP contribution in [0.5, 0.6) is 5.75 Å².